The van der Waals surface area contributed by atoms with Gasteiger partial charge in [-0.25, -0.2) is 0 Å². The first-order valence-electron chi connectivity index (χ1n) is 15.6. The van der Waals surface area contributed by atoms with Gasteiger partial charge in [-0.15, -0.1) is 0 Å². The fraction of sp³-hybridized carbons (Fsp3) is 0.457. The number of allylic oxidation sites excluding steroid dienone is 1. The summed E-state index contributed by atoms with van der Waals surface area (Å²) in [5.41, 5.74) is 5.10. The zero-order valence-electron chi connectivity index (χ0n) is 27.1. The number of unbranched alkanes of at least 4 members (excludes halogenated alkanes) is 1. The summed E-state index contributed by atoms with van der Waals surface area (Å²) in [4.78, 5) is 45.8. The van der Waals surface area contributed by atoms with Crippen LogP contribution in [0.3, 0.4) is 0 Å². The Morgan fingerprint density at radius 3 is 2.35 bits per heavy atom. The SMILES string of the molecule is CN(C)CCCCN(C)Cc1cccc(-c2ccc(O)c3c2C[C@H]2C[C@H]4[C@H](N(C)C)C(O)=C(C(N)=O)C(=O)[C@@]4(O)C(O)=C2C3=O)c1. The van der Waals surface area contributed by atoms with Crippen LogP contribution in [0, 0.1) is 11.8 Å². The number of phenols is 1. The highest BCUT2D eigenvalue weighted by Crippen LogP contribution is 2.53. The normalized spacial score (nSPS) is 24.5. The number of benzene rings is 2. The van der Waals surface area contributed by atoms with Crippen molar-refractivity contribution in [3.63, 3.8) is 0 Å². The number of aromatic hydroxyl groups is 1. The van der Waals surface area contributed by atoms with Crippen LogP contribution in [0.5, 0.6) is 5.75 Å². The third-order valence-corrected chi connectivity index (χ3v) is 9.69. The zero-order chi connectivity index (χ0) is 33.7. The molecule has 1 amide bonds. The van der Waals surface area contributed by atoms with Crippen LogP contribution in [0.2, 0.25) is 0 Å². The molecule has 6 N–H and O–H groups in total. The standard InChI is InChI=1S/C35H44N4O7/c1-37(2)13-6-7-14-39(5)18-19-9-8-10-20(15-19)22-11-12-25(40)27-23(22)16-21-17-24-29(38(3)4)31(42)28(34(36)45)33(44)35(24,46)32(43)26(21)30(27)41/h8-12,15,21,24,29,40,42-43,46H,6-7,13-14,16-18H2,1-5H3,(H2,36,45)/t21-,24-,29-,35-/m0/s1. The van der Waals surface area contributed by atoms with Crippen LogP contribution in [0.4, 0.5) is 0 Å². The minimum absolute atomic E-state index is 0.00157. The summed E-state index contributed by atoms with van der Waals surface area (Å²) in [6.45, 7) is 2.74. The quantitative estimate of drug-likeness (QED) is 0.194. The number of hydrogen-bond donors (Lipinski definition) is 5. The molecule has 0 unspecified atom stereocenters. The van der Waals surface area contributed by atoms with Crippen molar-refractivity contribution in [3.8, 4) is 16.9 Å². The number of ketones is 2. The van der Waals surface area contributed by atoms with E-state index in [1.807, 2.05) is 12.1 Å². The number of nitrogens with zero attached hydrogens (tertiary/aromatic N) is 3. The van der Waals surface area contributed by atoms with Gasteiger partial charge in [0.05, 0.1) is 11.6 Å². The van der Waals surface area contributed by atoms with Crippen LogP contribution in [-0.2, 0) is 22.6 Å². The van der Waals surface area contributed by atoms with Gasteiger partial charge in [0.15, 0.2) is 11.4 Å². The number of amides is 1. The van der Waals surface area contributed by atoms with Gasteiger partial charge in [-0.3, -0.25) is 19.3 Å². The number of likely N-dealkylation sites (N-methyl/N-ethyl adjacent to an activating group) is 1. The Morgan fingerprint density at radius 1 is 1.00 bits per heavy atom. The summed E-state index contributed by atoms with van der Waals surface area (Å²) < 4.78 is 0. The Hall–Kier alpha value is -4.03. The lowest BCUT2D eigenvalue weighted by Gasteiger charge is -2.50. The summed E-state index contributed by atoms with van der Waals surface area (Å²) in [5, 5.41) is 45.3. The second kappa shape index (κ2) is 12.6. The van der Waals surface area contributed by atoms with Crippen LogP contribution >= 0.6 is 0 Å². The highest BCUT2D eigenvalue weighted by Gasteiger charge is 2.63. The number of aliphatic hydroxyl groups is 3. The Bertz CT molecular complexity index is 1650. The molecular formula is C35H44N4O7. The smallest absolute Gasteiger partial charge is 0.255 e. The van der Waals surface area contributed by atoms with E-state index in [1.54, 1.807) is 25.1 Å². The molecule has 0 aliphatic heterocycles. The number of nitrogens with two attached hydrogens (primary N) is 1. The van der Waals surface area contributed by atoms with E-state index in [9.17, 15) is 34.8 Å². The zero-order valence-corrected chi connectivity index (χ0v) is 27.1. The fourth-order valence-electron chi connectivity index (χ4n) is 7.56. The molecule has 0 saturated heterocycles. The first-order valence-corrected chi connectivity index (χ1v) is 15.6. The van der Waals surface area contributed by atoms with Crippen LogP contribution in [-0.4, -0.2) is 113 Å². The lowest BCUT2D eigenvalue weighted by Crippen LogP contribution is -2.63. The third-order valence-electron chi connectivity index (χ3n) is 9.69. The Balaban J connectivity index is 1.52. The number of phenolic OH excluding ortho intramolecular Hbond substituents is 1. The van der Waals surface area contributed by atoms with Crippen molar-refractivity contribution in [1.29, 1.82) is 0 Å². The molecule has 0 radical (unpaired) electrons. The molecule has 3 aliphatic carbocycles. The predicted molar refractivity (Wildman–Crippen MR) is 173 cm³/mol. The van der Waals surface area contributed by atoms with E-state index in [4.69, 9.17) is 5.73 Å². The van der Waals surface area contributed by atoms with Crippen molar-refractivity contribution in [2.75, 3.05) is 48.3 Å². The number of aliphatic hydroxyl groups excluding tert-OH is 2. The van der Waals surface area contributed by atoms with Gasteiger partial charge < -0.3 is 36.0 Å². The fourth-order valence-corrected chi connectivity index (χ4v) is 7.56. The van der Waals surface area contributed by atoms with Crippen molar-refractivity contribution < 1.29 is 34.8 Å². The average Bonchev–Trinajstić information content (AvgIpc) is 2.97. The molecule has 0 bridgehead atoms. The van der Waals surface area contributed by atoms with Crippen LogP contribution < -0.4 is 5.73 Å². The number of hydrogen-bond acceptors (Lipinski definition) is 10. The van der Waals surface area contributed by atoms with E-state index < -0.39 is 58.0 Å². The van der Waals surface area contributed by atoms with Crippen molar-refractivity contribution in [2.24, 2.45) is 17.6 Å². The van der Waals surface area contributed by atoms with Crippen LogP contribution in [0.25, 0.3) is 11.1 Å². The number of carbonyl (C=O) groups excluding carboxylic acids is 3. The predicted octanol–water partition coefficient (Wildman–Crippen LogP) is 2.56. The molecule has 0 saturated carbocycles. The van der Waals surface area contributed by atoms with E-state index in [2.05, 4.69) is 43.1 Å². The summed E-state index contributed by atoms with van der Waals surface area (Å²) in [6, 6.07) is 10.2. The largest absolute Gasteiger partial charge is 0.510 e. The molecule has 0 fully saturated rings. The lowest BCUT2D eigenvalue weighted by molar-refractivity contribution is -0.148. The highest BCUT2D eigenvalue weighted by atomic mass is 16.3. The van der Waals surface area contributed by atoms with Crippen molar-refractivity contribution in [1.82, 2.24) is 14.7 Å². The van der Waals surface area contributed by atoms with Crippen LogP contribution in [0.15, 0.2) is 59.1 Å². The van der Waals surface area contributed by atoms with E-state index in [0.717, 1.165) is 49.2 Å². The molecule has 246 valence electrons. The minimum atomic E-state index is -2.66. The highest BCUT2D eigenvalue weighted by molar-refractivity contribution is 6.24. The number of primary amides is 1. The molecule has 11 heteroatoms. The van der Waals surface area contributed by atoms with Gasteiger partial charge in [0, 0.05) is 18.0 Å². The second-order valence-electron chi connectivity index (χ2n) is 13.4. The Labute approximate surface area is 269 Å². The summed E-state index contributed by atoms with van der Waals surface area (Å²) in [5.74, 6) is -6.64. The molecule has 11 nitrogen and oxygen atoms in total. The Kier molecular flexibility index (Phi) is 9.16. The molecule has 0 aromatic heterocycles. The van der Waals surface area contributed by atoms with Crippen molar-refractivity contribution >= 4 is 17.5 Å². The maximum absolute atomic E-state index is 14.1. The van der Waals surface area contributed by atoms with Gasteiger partial charge in [-0.2, -0.15) is 0 Å². The molecular weight excluding hydrogens is 588 g/mol. The van der Waals surface area contributed by atoms with Crippen LogP contribution in [0.1, 0.15) is 40.7 Å². The molecule has 2 aromatic rings. The van der Waals surface area contributed by atoms with Crippen molar-refractivity contribution in [2.45, 2.75) is 43.9 Å². The monoisotopic (exact) mass is 632 g/mol. The second-order valence-corrected chi connectivity index (χ2v) is 13.4. The number of fused-ring (bicyclic) bond motifs is 3. The first kappa shape index (κ1) is 33.3. The maximum Gasteiger partial charge on any atom is 0.255 e. The van der Waals surface area contributed by atoms with Gasteiger partial charge in [0.1, 0.15) is 22.8 Å². The van der Waals surface area contributed by atoms with E-state index in [1.165, 1.54) is 6.07 Å². The average molecular weight is 633 g/mol. The molecule has 2 aromatic carbocycles. The number of rotatable bonds is 10. The van der Waals surface area contributed by atoms with E-state index in [-0.39, 0.29) is 29.7 Å². The summed E-state index contributed by atoms with van der Waals surface area (Å²) in [7, 11) is 9.44. The summed E-state index contributed by atoms with van der Waals surface area (Å²) in [6.07, 6.45) is 2.47. The minimum Gasteiger partial charge on any atom is -0.510 e. The molecule has 0 spiro atoms. The molecule has 46 heavy (non-hydrogen) atoms. The topological polar surface area (TPSA) is 168 Å². The van der Waals surface area contributed by atoms with E-state index in [0.29, 0.717) is 5.56 Å². The molecule has 0 heterocycles. The Morgan fingerprint density at radius 2 is 1.70 bits per heavy atom. The van der Waals surface area contributed by atoms with Gasteiger partial charge in [0.2, 0.25) is 5.78 Å². The number of carbonyl (C=O) groups is 3. The lowest BCUT2D eigenvalue weighted by atomic mass is 9.58. The molecule has 4 atom stereocenters. The van der Waals surface area contributed by atoms with Gasteiger partial charge in [-0.1, -0.05) is 24.3 Å². The summed E-state index contributed by atoms with van der Waals surface area (Å²) >= 11 is 0. The van der Waals surface area contributed by atoms with Gasteiger partial charge in [0.25, 0.3) is 5.91 Å². The first-order chi connectivity index (χ1) is 21.7. The van der Waals surface area contributed by atoms with E-state index >= 15 is 0 Å². The van der Waals surface area contributed by atoms with Gasteiger partial charge >= 0.3 is 0 Å². The number of Topliss-reactive ketones (excluding diaryl/α,β-unsaturated/α-hetero) is 2. The molecule has 3 aliphatic rings. The maximum atomic E-state index is 14.1. The third kappa shape index (κ3) is 5.62. The van der Waals surface area contributed by atoms with Gasteiger partial charge in [-0.05, 0) is 114 Å². The van der Waals surface area contributed by atoms with Crippen molar-refractivity contribution in [3.05, 3.63) is 75.8 Å². The molecule has 5 rings (SSSR count).